The summed E-state index contributed by atoms with van der Waals surface area (Å²) in [6.07, 6.45) is 5.03. The first-order valence-electron chi connectivity index (χ1n) is 7.83. The van der Waals surface area contributed by atoms with E-state index in [4.69, 9.17) is 0 Å². The minimum atomic E-state index is -0.190. The van der Waals surface area contributed by atoms with Crippen LogP contribution in [0.25, 0.3) is 0 Å². The molecule has 1 aromatic carbocycles. The van der Waals surface area contributed by atoms with E-state index in [2.05, 4.69) is 15.6 Å². The summed E-state index contributed by atoms with van der Waals surface area (Å²) in [6.45, 7) is 2.74. The summed E-state index contributed by atoms with van der Waals surface area (Å²) in [5.74, 6) is -0.198. The smallest absolute Gasteiger partial charge is 0.227 e. The Kier molecular flexibility index (Phi) is 5.03. The minimum absolute atomic E-state index is 0.00770. The quantitative estimate of drug-likeness (QED) is 0.883. The first-order chi connectivity index (χ1) is 11.1. The molecular formula is C17H20FN3OS. The van der Waals surface area contributed by atoms with Crippen molar-refractivity contribution in [3.8, 4) is 0 Å². The molecule has 1 fully saturated rings. The molecule has 2 N–H and O–H groups in total. The Morgan fingerprint density at radius 2 is 2.39 bits per heavy atom. The summed E-state index contributed by atoms with van der Waals surface area (Å²) in [4.78, 5) is 17.2. The average molecular weight is 333 g/mol. The van der Waals surface area contributed by atoms with Gasteiger partial charge in [0.1, 0.15) is 5.82 Å². The Morgan fingerprint density at radius 3 is 3.13 bits per heavy atom. The molecule has 1 unspecified atom stereocenters. The molecule has 3 rings (SSSR count). The van der Waals surface area contributed by atoms with E-state index in [1.54, 1.807) is 25.3 Å². The van der Waals surface area contributed by atoms with Crippen LogP contribution in [0.3, 0.4) is 0 Å². The Labute approximate surface area is 139 Å². The zero-order valence-electron chi connectivity index (χ0n) is 13.1. The van der Waals surface area contributed by atoms with E-state index >= 15 is 0 Å². The van der Waals surface area contributed by atoms with Crippen LogP contribution in [0.15, 0.2) is 24.4 Å². The molecule has 122 valence electrons. The number of rotatable bonds is 5. The monoisotopic (exact) mass is 333 g/mol. The maximum Gasteiger partial charge on any atom is 0.227 e. The molecule has 1 aliphatic rings. The summed E-state index contributed by atoms with van der Waals surface area (Å²) in [5.41, 5.74) is 1.55. The van der Waals surface area contributed by atoms with Crippen molar-refractivity contribution in [2.75, 3.05) is 11.9 Å². The molecule has 1 aliphatic heterocycles. The van der Waals surface area contributed by atoms with Gasteiger partial charge in [-0.1, -0.05) is 12.1 Å². The van der Waals surface area contributed by atoms with Crippen molar-refractivity contribution in [3.63, 3.8) is 0 Å². The van der Waals surface area contributed by atoms with Crippen LogP contribution in [0, 0.1) is 12.7 Å². The lowest BCUT2D eigenvalue weighted by Crippen LogP contribution is -2.27. The summed E-state index contributed by atoms with van der Waals surface area (Å²) in [6, 6.07) is 5.54. The van der Waals surface area contributed by atoms with Gasteiger partial charge in [0.25, 0.3) is 0 Å². The van der Waals surface area contributed by atoms with Crippen LogP contribution in [-0.2, 0) is 11.2 Å². The third kappa shape index (κ3) is 4.36. The summed E-state index contributed by atoms with van der Waals surface area (Å²) in [5, 5.41) is 6.76. The second kappa shape index (κ2) is 7.19. The predicted octanol–water partition coefficient (Wildman–Crippen LogP) is 3.26. The fourth-order valence-corrected chi connectivity index (χ4v) is 3.58. The highest BCUT2D eigenvalue weighted by Crippen LogP contribution is 2.22. The number of benzene rings is 1. The van der Waals surface area contributed by atoms with Crippen LogP contribution in [0.4, 0.5) is 9.52 Å². The average Bonchev–Trinajstić information content (AvgIpc) is 3.15. The van der Waals surface area contributed by atoms with Crippen LogP contribution in [0.1, 0.15) is 35.3 Å². The van der Waals surface area contributed by atoms with Crippen LogP contribution in [-0.4, -0.2) is 23.5 Å². The lowest BCUT2D eigenvalue weighted by atomic mass is 10.1. The molecule has 2 aromatic rings. The minimum Gasteiger partial charge on any atom is -0.313 e. The van der Waals surface area contributed by atoms with Gasteiger partial charge in [-0.15, -0.1) is 11.3 Å². The molecule has 23 heavy (non-hydrogen) atoms. The van der Waals surface area contributed by atoms with Gasteiger partial charge in [-0.25, -0.2) is 9.37 Å². The molecular weight excluding hydrogens is 313 g/mol. The van der Waals surface area contributed by atoms with Crippen molar-refractivity contribution < 1.29 is 9.18 Å². The number of halogens is 1. The summed E-state index contributed by atoms with van der Waals surface area (Å²) < 4.78 is 13.6. The number of nitrogens with zero attached hydrogens (tertiary/aromatic N) is 1. The first kappa shape index (κ1) is 16.1. The number of carbonyl (C=O) groups is 1. The molecule has 0 radical (unpaired) electrons. The fraction of sp³-hybridized carbons (Fsp3) is 0.412. The van der Waals surface area contributed by atoms with Gasteiger partial charge in [0.2, 0.25) is 5.91 Å². The number of carbonyl (C=O) groups excluding carboxylic acids is 1. The summed E-state index contributed by atoms with van der Waals surface area (Å²) in [7, 11) is 0. The van der Waals surface area contributed by atoms with Crippen molar-refractivity contribution in [2.24, 2.45) is 0 Å². The van der Waals surface area contributed by atoms with Crippen LogP contribution < -0.4 is 10.6 Å². The van der Waals surface area contributed by atoms with Gasteiger partial charge < -0.3 is 10.6 Å². The van der Waals surface area contributed by atoms with Crippen molar-refractivity contribution in [2.45, 2.75) is 38.6 Å². The standard InChI is InChI=1S/C17H20FN3OS/c1-11-4-5-12(8-15(11)18)7-14-10-20-17(23-14)21-16(22)9-13-3-2-6-19-13/h4-5,8,10,13,19H,2-3,6-7,9H2,1H3,(H,20,21,22). The second-order valence-electron chi connectivity index (χ2n) is 5.94. The van der Waals surface area contributed by atoms with Crippen LogP contribution in [0.2, 0.25) is 0 Å². The Morgan fingerprint density at radius 1 is 1.52 bits per heavy atom. The second-order valence-corrected chi connectivity index (χ2v) is 7.05. The van der Waals surface area contributed by atoms with Gasteiger partial charge >= 0.3 is 0 Å². The number of hydrogen-bond acceptors (Lipinski definition) is 4. The predicted molar refractivity (Wildman–Crippen MR) is 90.3 cm³/mol. The molecule has 4 nitrogen and oxygen atoms in total. The van der Waals surface area contributed by atoms with Gasteiger partial charge in [-0.3, -0.25) is 4.79 Å². The van der Waals surface area contributed by atoms with E-state index in [-0.39, 0.29) is 17.8 Å². The van der Waals surface area contributed by atoms with E-state index < -0.39 is 0 Å². The Hall–Kier alpha value is -1.79. The van der Waals surface area contributed by atoms with E-state index in [0.29, 0.717) is 23.5 Å². The maximum absolute atomic E-state index is 13.6. The zero-order valence-corrected chi connectivity index (χ0v) is 13.9. The molecule has 2 heterocycles. The number of aryl methyl sites for hydroxylation is 1. The van der Waals surface area contributed by atoms with E-state index in [1.807, 2.05) is 6.07 Å². The topological polar surface area (TPSA) is 54.0 Å². The number of anilines is 1. The van der Waals surface area contributed by atoms with Gasteiger partial charge in [0.15, 0.2) is 5.13 Å². The van der Waals surface area contributed by atoms with Crippen molar-refractivity contribution in [1.29, 1.82) is 0 Å². The normalized spacial score (nSPS) is 17.4. The maximum atomic E-state index is 13.6. The molecule has 1 amide bonds. The van der Waals surface area contributed by atoms with Gasteiger partial charge in [-0.2, -0.15) is 0 Å². The molecule has 0 bridgehead atoms. The summed E-state index contributed by atoms with van der Waals surface area (Å²) >= 11 is 1.44. The van der Waals surface area contributed by atoms with Crippen molar-refractivity contribution in [1.82, 2.24) is 10.3 Å². The van der Waals surface area contributed by atoms with Gasteiger partial charge in [-0.05, 0) is 43.5 Å². The first-order valence-corrected chi connectivity index (χ1v) is 8.65. The zero-order chi connectivity index (χ0) is 16.2. The lowest BCUT2D eigenvalue weighted by molar-refractivity contribution is -0.116. The molecule has 1 atom stereocenters. The van der Waals surface area contributed by atoms with Gasteiger partial charge in [0.05, 0.1) is 0 Å². The number of nitrogens with one attached hydrogen (secondary N) is 2. The van der Waals surface area contributed by atoms with Crippen LogP contribution in [0.5, 0.6) is 0 Å². The number of amides is 1. The highest BCUT2D eigenvalue weighted by molar-refractivity contribution is 7.15. The van der Waals surface area contributed by atoms with E-state index in [1.165, 1.54) is 11.3 Å². The Balaban J connectivity index is 1.56. The third-order valence-electron chi connectivity index (χ3n) is 4.01. The Bertz CT molecular complexity index is 695. The highest BCUT2D eigenvalue weighted by Gasteiger charge is 2.18. The largest absolute Gasteiger partial charge is 0.313 e. The molecule has 1 aromatic heterocycles. The molecule has 0 aliphatic carbocycles. The van der Waals surface area contributed by atoms with Gasteiger partial charge in [0, 0.05) is 30.0 Å². The number of aromatic nitrogens is 1. The van der Waals surface area contributed by atoms with Crippen LogP contribution >= 0.6 is 11.3 Å². The number of thiazole rings is 1. The van der Waals surface area contributed by atoms with E-state index in [9.17, 15) is 9.18 Å². The molecule has 0 spiro atoms. The lowest BCUT2D eigenvalue weighted by Gasteiger charge is -2.08. The van der Waals surface area contributed by atoms with E-state index in [0.717, 1.165) is 29.8 Å². The van der Waals surface area contributed by atoms with Crippen molar-refractivity contribution >= 4 is 22.4 Å². The molecule has 6 heteroatoms. The third-order valence-corrected chi connectivity index (χ3v) is 4.92. The SMILES string of the molecule is Cc1ccc(Cc2cnc(NC(=O)CC3CCCN3)s2)cc1F. The molecule has 0 saturated carbocycles. The fourth-order valence-electron chi connectivity index (χ4n) is 2.72. The highest BCUT2D eigenvalue weighted by atomic mass is 32.1. The molecule has 1 saturated heterocycles. The number of hydrogen-bond donors (Lipinski definition) is 2. The van der Waals surface area contributed by atoms with Crippen molar-refractivity contribution in [3.05, 3.63) is 46.2 Å².